The van der Waals surface area contributed by atoms with E-state index >= 15 is 0 Å². The predicted molar refractivity (Wildman–Crippen MR) is 85.3 cm³/mol. The second-order valence-corrected chi connectivity index (χ2v) is 6.06. The molecular formula is C14H25N5S. The fourth-order valence-corrected chi connectivity index (χ4v) is 3.11. The van der Waals surface area contributed by atoms with E-state index in [0.717, 1.165) is 31.3 Å². The molecule has 0 radical (unpaired) electrons. The summed E-state index contributed by atoms with van der Waals surface area (Å²) in [7, 11) is 1.82. The van der Waals surface area contributed by atoms with Crippen LogP contribution in [0.25, 0.3) is 0 Å². The molecule has 1 aromatic heterocycles. The average Bonchev–Trinajstić information content (AvgIpc) is 2.89. The van der Waals surface area contributed by atoms with Crippen molar-refractivity contribution in [1.29, 1.82) is 0 Å². The fourth-order valence-electron chi connectivity index (χ4n) is 2.40. The second-order valence-electron chi connectivity index (χ2n) is 5.12. The van der Waals surface area contributed by atoms with Gasteiger partial charge in [0, 0.05) is 25.0 Å². The monoisotopic (exact) mass is 295 g/mol. The maximum Gasteiger partial charge on any atom is 0.191 e. The first-order valence-electron chi connectivity index (χ1n) is 7.35. The minimum Gasteiger partial charge on any atom is -0.355 e. The van der Waals surface area contributed by atoms with E-state index < -0.39 is 0 Å². The van der Waals surface area contributed by atoms with E-state index in [2.05, 4.69) is 25.5 Å². The smallest absolute Gasteiger partial charge is 0.191 e. The molecule has 1 aliphatic heterocycles. The van der Waals surface area contributed by atoms with Crippen molar-refractivity contribution in [1.82, 2.24) is 20.5 Å². The number of guanidine groups is 1. The minimum atomic E-state index is 0.792. The van der Waals surface area contributed by atoms with Crippen molar-refractivity contribution in [2.24, 2.45) is 4.99 Å². The highest BCUT2D eigenvalue weighted by atomic mass is 32.1. The van der Waals surface area contributed by atoms with Gasteiger partial charge in [-0.2, -0.15) is 0 Å². The first-order valence-corrected chi connectivity index (χ1v) is 8.23. The van der Waals surface area contributed by atoms with E-state index in [-0.39, 0.29) is 0 Å². The molecule has 1 fully saturated rings. The summed E-state index contributed by atoms with van der Waals surface area (Å²) in [5.41, 5.74) is 2.99. The van der Waals surface area contributed by atoms with Gasteiger partial charge in [0.1, 0.15) is 0 Å². The zero-order valence-corrected chi connectivity index (χ0v) is 13.3. The number of aromatic nitrogens is 1. The molecule has 0 bridgehead atoms. The number of rotatable bonds is 5. The third kappa shape index (κ3) is 4.76. The lowest BCUT2D eigenvalue weighted by molar-refractivity contribution is 0.232. The molecule has 0 saturated carbocycles. The Morgan fingerprint density at radius 2 is 2.15 bits per heavy atom. The summed E-state index contributed by atoms with van der Waals surface area (Å²) in [6.07, 6.45) is 4.08. The van der Waals surface area contributed by atoms with Crippen molar-refractivity contribution >= 4 is 17.3 Å². The Bertz CT molecular complexity index is 423. The second kappa shape index (κ2) is 8.21. The van der Waals surface area contributed by atoms with Gasteiger partial charge in [-0.3, -0.25) is 4.99 Å². The molecule has 1 aliphatic rings. The lowest BCUT2D eigenvalue weighted by Gasteiger charge is -2.26. The topological polar surface area (TPSA) is 52.6 Å². The van der Waals surface area contributed by atoms with E-state index in [1.54, 1.807) is 11.3 Å². The van der Waals surface area contributed by atoms with Gasteiger partial charge in [-0.05, 0) is 32.9 Å². The Morgan fingerprint density at radius 1 is 1.35 bits per heavy atom. The Kier molecular flexibility index (Phi) is 6.26. The number of hydrogen-bond donors (Lipinski definition) is 2. The van der Waals surface area contributed by atoms with Crippen molar-refractivity contribution in [3.63, 3.8) is 0 Å². The third-order valence-corrected chi connectivity index (χ3v) is 4.59. The minimum absolute atomic E-state index is 0.792. The van der Waals surface area contributed by atoms with Gasteiger partial charge in [0.05, 0.1) is 17.7 Å². The molecule has 1 saturated heterocycles. The van der Waals surface area contributed by atoms with Crippen LogP contribution in [0.4, 0.5) is 0 Å². The molecule has 2 heterocycles. The predicted octanol–water partition coefficient (Wildman–Crippen LogP) is 1.60. The fraction of sp³-hybridized carbons (Fsp3) is 0.714. The van der Waals surface area contributed by atoms with Crippen LogP contribution in [0.15, 0.2) is 10.5 Å². The molecule has 0 spiro atoms. The molecule has 5 nitrogen and oxygen atoms in total. The molecule has 2 N–H and O–H groups in total. The number of piperidine rings is 1. The van der Waals surface area contributed by atoms with Crippen LogP contribution < -0.4 is 10.6 Å². The molecule has 2 rings (SSSR count). The van der Waals surface area contributed by atoms with Crippen molar-refractivity contribution < 1.29 is 0 Å². The number of thiazole rings is 1. The molecule has 112 valence electrons. The van der Waals surface area contributed by atoms with Crippen LogP contribution in [-0.2, 0) is 6.54 Å². The van der Waals surface area contributed by atoms with Crippen LogP contribution in [0.2, 0.25) is 0 Å². The summed E-state index contributed by atoms with van der Waals surface area (Å²) >= 11 is 1.68. The summed E-state index contributed by atoms with van der Waals surface area (Å²) in [4.78, 5) is 12.3. The average molecular weight is 295 g/mol. The van der Waals surface area contributed by atoms with E-state index in [0.29, 0.717) is 0 Å². The van der Waals surface area contributed by atoms with Gasteiger partial charge in [-0.1, -0.05) is 6.42 Å². The molecule has 6 heteroatoms. The number of aliphatic imine (C=N–C) groups is 1. The van der Waals surface area contributed by atoms with Crippen LogP contribution >= 0.6 is 11.3 Å². The number of hydrogen-bond acceptors (Lipinski definition) is 4. The molecule has 20 heavy (non-hydrogen) atoms. The van der Waals surface area contributed by atoms with Gasteiger partial charge in [-0.25, -0.2) is 4.98 Å². The molecule has 0 amide bonds. The largest absolute Gasteiger partial charge is 0.355 e. The zero-order valence-electron chi connectivity index (χ0n) is 12.5. The van der Waals surface area contributed by atoms with E-state index in [9.17, 15) is 0 Å². The SMILES string of the molecule is CN=C(NCCN1CCCCC1)NCc1scnc1C. The molecule has 0 aliphatic carbocycles. The van der Waals surface area contributed by atoms with E-state index in [4.69, 9.17) is 0 Å². The van der Waals surface area contributed by atoms with Crippen LogP contribution in [0, 0.1) is 6.92 Å². The summed E-state index contributed by atoms with van der Waals surface area (Å²) in [6, 6.07) is 0. The molecule has 0 unspecified atom stereocenters. The number of likely N-dealkylation sites (tertiary alicyclic amines) is 1. The summed E-state index contributed by atoms with van der Waals surface area (Å²) in [5.74, 6) is 0.870. The van der Waals surface area contributed by atoms with Crippen LogP contribution in [-0.4, -0.2) is 49.1 Å². The Morgan fingerprint density at radius 3 is 2.80 bits per heavy atom. The quantitative estimate of drug-likeness (QED) is 0.640. The summed E-state index contributed by atoms with van der Waals surface area (Å²) in [6.45, 7) is 7.36. The number of aryl methyl sites for hydroxylation is 1. The standard InChI is InChI=1S/C14H25N5S/c1-12-13(20-11-18-12)10-17-14(15-2)16-6-9-19-7-4-3-5-8-19/h11H,3-10H2,1-2H3,(H2,15,16,17). The first-order chi connectivity index (χ1) is 9.79. The Labute approximate surface area is 125 Å². The number of nitrogens with zero attached hydrogens (tertiary/aromatic N) is 3. The number of nitrogens with one attached hydrogen (secondary N) is 2. The van der Waals surface area contributed by atoms with E-state index in [1.807, 2.05) is 19.5 Å². The van der Waals surface area contributed by atoms with Crippen molar-refractivity contribution in [3.8, 4) is 0 Å². The van der Waals surface area contributed by atoms with Crippen molar-refractivity contribution in [2.45, 2.75) is 32.7 Å². The van der Waals surface area contributed by atoms with Crippen LogP contribution in [0.3, 0.4) is 0 Å². The highest BCUT2D eigenvalue weighted by Gasteiger charge is 2.09. The highest BCUT2D eigenvalue weighted by molar-refractivity contribution is 7.09. The summed E-state index contributed by atoms with van der Waals surface area (Å²) < 4.78 is 0. The normalized spacial score (nSPS) is 17.2. The Balaban J connectivity index is 1.66. The molecule has 0 aromatic carbocycles. The lowest BCUT2D eigenvalue weighted by atomic mass is 10.1. The third-order valence-electron chi connectivity index (χ3n) is 3.65. The lowest BCUT2D eigenvalue weighted by Crippen LogP contribution is -2.42. The summed E-state index contributed by atoms with van der Waals surface area (Å²) in [5, 5.41) is 6.72. The van der Waals surface area contributed by atoms with Gasteiger partial charge in [0.15, 0.2) is 5.96 Å². The van der Waals surface area contributed by atoms with Crippen molar-refractivity contribution in [3.05, 3.63) is 16.1 Å². The molecule has 1 aromatic rings. The van der Waals surface area contributed by atoms with Crippen molar-refractivity contribution in [2.75, 3.05) is 33.2 Å². The van der Waals surface area contributed by atoms with Gasteiger partial charge < -0.3 is 15.5 Å². The van der Waals surface area contributed by atoms with Gasteiger partial charge in [0.2, 0.25) is 0 Å². The molecule has 0 atom stereocenters. The maximum atomic E-state index is 4.26. The van der Waals surface area contributed by atoms with Crippen LogP contribution in [0.1, 0.15) is 29.8 Å². The molecular weight excluding hydrogens is 270 g/mol. The first kappa shape index (κ1) is 15.3. The van der Waals surface area contributed by atoms with Gasteiger partial charge >= 0.3 is 0 Å². The Hall–Kier alpha value is -1.14. The van der Waals surface area contributed by atoms with Gasteiger partial charge in [-0.15, -0.1) is 11.3 Å². The maximum absolute atomic E-state index is 4.26. The van der Waals surface area contributed by atoms with Gasteiger partial charge in [0.25, 0.3) is 0 Å². The van der Waals surface area contributed by atoms with E-state index in [1.165, 1.54) is 37.2 Å². The zero-order chi connectivity index (χ0) is 14.2. The highest BCUT2D eigenvalue weighted by Crippen LogP contribution is 2.11. The van der Waals surface area contributed by atoms with Crippen LogP contribution in [0.5, 0.6) is 0 Å².